The third kappa shape index (κ3) is 3.01. The van der Waals surface area contributed by atoms with Crippen molar-refractivity contribution in [2.75, 3.05) is 13.1 Å². The van der Waals surface area contributed by atoms with E-state index in [2.05, 4.69) is 0 Å². The zero-order valence-corrected chi connectivity index (χ0v) is 10.3. The van der Waals surface area contributed by atoms with E-state index in [1.54, 1.807) is 0 Å². The number of nitrogens with two attached hydrogens (primary N) is 2. The van der Waals surface area contributed by atoms with Gasteiger partial charge < -0.3 is 11.5 Å². The topological polar surface area (TPSA) is 52.0 Å². The molecule has 1 aromatic carbocycles. The van der Waals surface area contributed by atoms with Crippen molar-refractivity contribution in [3.8, 4) is 0 Å². The largest absolute Gasteiger partial charge is 0.330 e. The van der Waals surface area contributed by atoms with Gasteiger partial charge in [-0.2, -0.15) is 0 Å². The third-order valence-electron chi connectivity index (χ3n) is 3.59. The smallest absolute Gasteiger partial charge is 0.129 e. The highest BCUT2D eigenvalue weighted by Gasteiger charge is 2.26. The highest BCUT2D eigenvalue weighted by atomic mass is 19.1. The van der Waals surface area contributed by atoms with Gasteiger partial charge in [0.05, 0.1) is 0 Å². The molecule has 1 rings (SSSR count). The lowest BCUT2D eigenvalue weighted by molar-refractivity contribution is 0.317. The van der Waals surface area contributed by atoms with E-state index in [1.807, 2.05) is 13.8 Å². The van der Waals surface area contributed by atoms with Gasteiger partial charge in [-0.05, 0) is 43.0 Å². The van der Waals surface area contributed by atoms with Crippen LogP contribution >= 0.6 is 0 Å². The van der Waals surface area contributed by atoms with Gasteiger partial charge in [0.2, 0.25) is 0 Å². The molecule has 96 valence electrons. The predicted molar refractivity (Wildman–Crippen MR) is 65.5 cm³/mol. The van der Waals surface area contributed by atoms with Crippen molar-refractivity contribution in [2.24, 2.45) is 23.3 Å². The first kappa shape index (κ1) is 14.1. The molecule has 0 saturated heterocycles. The van der Waals surface area contributed by atoms with E-state index in [4.69, 9.17) is 11.5 Å². The molecular formula is C13H20F2N2. The standard InChI is InChI=1S/C13H20F2N2/c1-8(10(6-16)7-17)9(2)13-11(14)4-3-5-12(13)15/h3-5,8-10H,6-7,16-17H2,1-2H3. The monoisotopic (exact) mass is 242 g/mol. The molecule has 1 aromatic rings. The minimum Gasteiger partial charge on any atom is -0.330 e. The Hall–Kier alpha value is -1.00. The van der Waals surface area contributed by atoms with Gasteiger partial charge >= 0.3 is 0 Å². The normalized spacial score (nSPS) is 15.0. The van der Waals surface area contributed by atoms with E-state index in [-0.39, 0.29) is 23.3 Å². The summed E-state index contributed by atoms with van der Waals surface area (Å²) in [4.78, 5) is 0. The Labute approximate surface area is 101 Å². The van der Waals surface area contributed by atoms with Gasteiger partial charge in [-0.3, -0.25) is 0 Å². The second-order valence-electron chi connectivity index (χ2n) is 4.51. The van der Waals surface area contributed by atoms with Crippen LogP contribution in [0.25, 0.3) is 0 Å². The van der Waals surface area contributed by atoms with Gasteiger partial charge in [-0.1, -0.05) is 19.9 Å². The fourth-order valence-corrected chi connectivity index (χ4v) is 2.14. The van der Waals surface area contributed by atoms with Gasteiger partial charge in [0.25, 0.3) is 0 Å². The van der Waals surface area contributed by atoms with E-state index >= 15 is 0 Å². The SMILES string of the molecule is CC(c1c(F)cccc1F)C(C)C(CN)CN. The number of hydrogen-bond donors (Lipinski definition) is 2. The second kappa shape index (κ2) is 6.07. The van der Waals surface area contributed by atoms with Gasteiger partial charge in [0.15, 0.2) is 0 Å². The Morgan fingerprint density at radius 3 is 1.94 bits per heavy atom. The van der Waals surface area contributed by atoms with Crippen LogP contribution in [0.2, 0.25) is 0 Å². The van der Waals surface area contributed by atoms with E-state index in [0.717, 1.165) is 0 Å². The first-order valence-corrected chi connectivity index (χ1v) is 5.87. The summed E-state index contributed by atoms with van der Waals surface area (Å²) >= 11 is 0. The summed E-state index contributed by atoms with van der Waals surface area (Å²) in [6, 6.07) is 3.93. The molecule has 0 aliphatic rings. The first-order valence-electron chi connectivity index (χ1n) is 5.87. The maximum Gasteiger partial charge on any atom is 0.129 e. The highest BCUT2D eigenvalue weighted by Crippen LogP contribution is 2.32. The molecule has 4 N–H and O–H groups in total. The predicted octanol–water partition coefficient (Wildman–Crippen LogP) is 2.24. The number of hydrogen-bond acceptors (Lipinski definition) is 2. The van der Waals surface area contributed by atoms with Crippen LogP contribution in [0.1, 0.15) is 25.3 Å². The summed E-state index contributed by atoms with van der Waals surface area (Å²) in [6.45, 7) is 4.60. The molecule has 17 heavy (non-hydrogen) atoms. The molecule has 0 saturated carbocycles. The molecule has 0 bridgehead atoms. The molecule has 0 aliphatic heterocycles. The fourth-order valence-electron chi connectivity index (χ4n) is 2.14. The van der Waals surface area contributed by atoms with Crippen LogP contribution in [-0.4, -0.2) is 13.1 Å². The van der Waals surface area contributed by atoms with Gasteiger partial charge in [0, 0.05) is 5.56 Å². The molecule has 0 heterocycles. The molecule has 0 amide bonds. The van der Waals surface area contributed by atoms with Crippen LogP contribution in [0, 0.1) is 23.5 Å². The van der Waals surface area contributed by atoms with Gasteiger partial charge in [-0.25, -0.2) is 8.78 Å². The first-order chi connectivity index (χ1) is 8.02. The average molecular weight is 242 g/mol. The van der Waals surface area contributed by atoms with Crippen molar-refractivity contribution in [1.29, 1.82) is 0 Å². The van der Waals surface area contributed by atoms with Crippen molar-refractivity contribution in [3.63, 3.8) is 0 Å². The minimum absolute atomic E-state index is 0.0383. The lowest BCUT2D eigenvalue weighted by Gasteiger charge is -2.27. The van der Waals surface area contributed by atoms with Crippen molar-refractivity contribution in [3.05, 3.63) is 35.4 Å². The number of halogens is 2. The maximum atomic E-state index is 13.6. The summed E-state index contributed by atoms with van der Waals surface area (Å²) in [5.74, 6) is -1.14. The molecule has 2 atom stereocenters. The summed E-state index contributed by atoms with van der Waals surface area (Å²) < 4.78 is 27.3. The maximum absolute atomic E-state index is 13.6. The Balaban J connectivity index is 2.99. The van der Waals surface area contributed by atoms with E-state index in [9.17, 15) is 8.78 Å². The molecule has 0 aliphatic carbocycles. The van der Waals surface area contributed by atoms with Crippen molar-refractivity contribution in [1.82, 2.24) is 0 Å². The summed E-state index contributed by atoms with van der Waals surface area (Å²) in [5, 5.41) is 0. The number of benzene rings is 1. The van der Waals surface area contributed by atoms with Crippen LogP contribution in [0.3, 0.4) is 0 Å². The lowest BCUT2D eigenvalue weighted by Crippen LogP contribution is -2.32. The van der Waals surface area contributed by atoms with Crippen LogP contribution in [0.4, 0.5) is 8.78 Å². The van der Waals surface area contributed by atoms with Gasteiger partial charge in [-0.15, -0.1) is 0 Å². The fraction of sp³-hybridized carbons (Fsp3) is 0.538. The average Bonchev–Trinajstić information content (AvgIpc) is 2.30. The van der Waals surface area contributed by atoms with Crippen molar-refractivity contribution >= 4 is 0 Å². The van der Waals surface area contributed by atoms with Crippen LogP contribution < -0.4 is 11.5 Å². The lowest BCUT2D eigenvalue weighted by atomic mass is 9.80. The van der Waals surface area contributed by atoms with E-state index < -0.39 is 11.6 Å². The van der Waals surface area contributed by atoms with Crippen LogP contribution in [0.15, 0.2) is 18.2 Å². The third-order valence-corrected chi connectivity index (χ3v) is 3.59. The quantitative estimate of drug-likeness (QED) is 0.832. The summed E-state index contributed by atoms with van der Waals surface area (Å²) in [7, 11) is 0. The Kier molecular flexibility index (Phi) is 5.02. The Morgan fingerprint density at radius 1 is 1.06 bits per heavy atom. The molecule has 4 heteroatoms. The molecule has 0 spiro atoms. The van der Waals surface area contributed by atoms with Crippen molar-refractivity contribution in [2.45, 2.75) is 19.8 Å². The minimum atomic E-state index is -0.503. The summed E-state index contributed by atoms with van der Waals surface area (Å²) in [5.41, 5.74) is 11.3. The molecule has 2 unspecified atom stereocenters. The molecule has 2 nitrogen and oxygen atoms in total. The van der Waals surface area contributed by atoms with Crippen molar-refractivity contribution < 1.29 is 8.78 Å². The highest BCUT2D eigenvalue weighted by molar-refractivity contribution is 5.24. The molecule has 0 aromatic heterocycles. The van der Waals surface area contributed by atoms with E-state index in [0.29, 0.717) is 13.1 Å². The molecular weight excluding hydrogens is 222 g/mol. The van der Waals surface area contributed by atoms with E-state index in [1.165, 1.54) is 18.2 Å². The van der Waals surface area contributed by atoms with Crippen LogP contribution in [0.5, 0.6) is 0 Å². The molecule has 0 fully saturated rings. The zero-order valence-electron chi connectivity index (χ0n) is 10.3. The molecule has 0 radical (unpaired) electrons. The van der Waals surface area contributed by atoms with Gasteiger partial charge in [0.1, 0.15) is 11.6 Å². The second-order valence-corrected chi connectivity index (χ2v) is 4.51. The van der Waals surface area contributed by atoms with Crippen LogP contribution in [-0.2, 0) is 0 Å². The number of rotatable bonds is 5. The zero-order chi connectivity index (χ0) is 13.0. The Bertz CT molecular complexity index is 344. The Morgan fingerprint density at radius 2 is 1.53 bits per heavy atom. The summed E-state index contributed by atoms with van der Waals surface area (Å²) in [6.07, 6.45) is 0.